The van der Waals surface area contributed by atoms with E-state index < -0.39 is 23.2 Å². The van der Waals surface area contributed by atoms with Crippen LogP contribution >= 0.6 is 0 Å². The molecule has 0 spiro atoms. The number of fused-ring (bicyclic) bond motifs is 3. The summed E-state index contributed by atoms with van der Waals surface area (Å²) in [6, 6.07) is 18.1. The third-order valence-electron chi connectivity index (χ3n) is 5.97. The fraction of sp³-hybridized carbons (Fsp3) is 0.167. The van der Waals surface area contributed by atoms with E-state index in [0.717, 1.165) is 23.3 Å². The Hall–Kier alpha value is -3.54. The predicted octanol–water partition coefficient (Wildman–Crippen LogP) is 4.09. The van der Waals surface area contributed by atoms with Gasteiger partial charge in [0.05, 0.1) is 0 Å². The van der Waals surface area contributed by atoms with Gasteiger partial charge in [0.2, 0.25) is 0 Å². The number of hydrogen-bond donors (Lipinski definition) is 0. The van der Waals surface area contributed by atoms with Gasteiger partial charge >= 0.3 is 0 Å². The van der Waals surface area contributed by atoms with Crippen molar-refractivity contribution < 1.29 is 18.4 Å². The second-order valence-electron chi connectivity index (χ2n) is 7.63. The van der Waals surface area contributed by atoms with Gasteiger partial charge in [-0.3, -0.25) is 9.59 Å². The molecule has 30 heavy (non-hydrogen) atoms. The molecule has 150 valence electrons. The summed E-state index contributed by atoms with van der Waals surface area (Å²) in [4.78, 5) is 30.0. The molecule has 0 aromatic heterocycles. The Bertz CT molecular complexity index is 1190. The van der Waals surface area contributed by atoms with Crippen molar-refractivity contribution in [3.05, 3.63) is 106 Å². The summed E-state index contributed by atoms with van der Waals surface area (Å²) in [6.45, 7) is 2.59. The number of hydrogen-bond acceptors (Lipinski definition) is 2. The lowest BCUT2D eigenvalue weighted by atomic mass is 9.89. The lowest BCUT2D eigenvalue weighted by Crippen LogP contribution is -2.51. The molecule has 0 radical (unpaired) electrons. The Morgan fingerprint density at radius 2 is 1.67 bits per heavy atom. The van der Waals surface area contributed by atoms with Gasteiger partial charge < -0.3 is 9.80 Å². The van der Waals surface area contributed by atoms with Gasteiger partial charge in [-0.25, -0.2) is 8.78 Å². The molecule has 2 amide bonds. The van der Waals surface area contributed by atoms with E-state index in [2.05, 4.69) is 0 Å². The van der Waals surface area contributed by atoms with E-state index in [1.807, 2.05) is 43.3 Å². The molecule has 2 aliphatic heterocycles. The first kappa shape index (κ1) is 18.5. The largest absolute Gasteiger partial charge is 0.306 e. The number of carbonyl (C=O) groups excluding carboxylic acids is 2. The van der Waals surface area contributed by atoms with Gasteiger partial charge in [-0.2, -0.15) is 0 Å². The van der Waals surface area contributed by atoms with Gasteiger partial charge in [0.15, 0.2) is 17.3 Å². The van der Waals surface area contributed by atoms with Crippen LogP contribution in [0, 0.1) is 18.6 Å². The van der Waals surface area contributed by atoms with Crippen molar-refractivity contribution >= 4 is 11.8 Å². The van der Waals surface area contributed by atoms with Crippen molar-refractivity contribution in [2.75, 3.05) is 13.1 Å². The SMILES string of the molecule is Cc1ccc(C23c4ccccc4C(=O)N2CCN3C(=O)c2ccc(F)c(F)c2)cc1. The maximum Gasteiger partial charge on any atom is 0.256 e. The molecular formula is C24H18F2N2O2. The number of amides is 2. The summed E-state index contributed by atoms with van der Waals surface area (Å²) >= 11 is 0. The van der Waals surface area contributed by atoms with E-state index in [1.54, 1.807) is 21.9 Å². The third kappa shape index (κ3) is 2.36. The molecule has 1 atom stereocenters. The van der Waals surface area contributed by atoms with Gasteiger partial charge in [-0.1, -0.05) is 48.0 Å². The second-order valence-corrected chi connectivity index (χ2v) is 7.63. The molecule has 0 saturated carbocycles. The normalized spacial score (nSPS) is 19.8. The molecule has 1 unspecified atom stereocenters. The zero-order valence-corrected chi connectivity index (χ0v) is 16.2. The minimum Gasteiger partial charge on any atom is -0.306 e. The number of nitrogens with zero attached hydrogens (tertiary/aromatic N) is 2. The molecule has 0 bridgehead atoms. The van der Waals surface area contributed by atoms with Crippen LogP contribution in [-0.2, 0) is 5.66 Å². The first-order valence-corrected chi connectivity index (χ1v) is 9.70. The highest BCUT2D eigenvalue weighted by Crippen LogP contribution is 2.50. The summed E-state index contributed by atoms with van der Waals surface area (Å²) in [6.07, 6.45) is 0. The third-order valence-corrected chi connectivity index (χ3v) is 5.97. The molecular weight excluding hydrogens is 386 g/mol. The first-order valence-electron chi connectivity index (χ1n) is 9.70. The maximum atomic E-state index is 13.8. The van der Waals surface area contributed by atoms with Crippen LogP contribution in [0.5, 0.6) is 0 Å². The second kappa shape index (κ2) is 6.49. The molecule has 1 fully saturated rings. The van der Waals surface area contributed by atoms with Crippen LogP contribution in [0.4, 0.5) is 8.78 Å². The van der Waals surface area contributed by atoms with Crippen molar-refractivity contribution in [2.24, 2.45) is 0 Å². The topological polar surface area (TPSA) is 40.6 Å². The fourth-order valence-corrected chi connectivity index (χ4v) is 4.61. The number of aryl methyl sites for hydroxylation is 1. The van der Waals surface area contributed by atoms with E-state index in [4.69, 9.17) is 0 Å². The van der Waals surface area contributed by atoms with E-state index in [0.29, 0.717) is 17.7 Å². The molecule has 4 nitrogen and oxygen atoms in total. The van der Waals surface area contributed by atoms with Gasteiger partial charge in [0, 0.05) is 35.3 Å². The van der Waals surface area contributed by atoms with Gasteiger partial charge in [0.1, 0.15) is 0 Å². The molecule has 2 heterocycles. The Morgan fingerprint density at radius 1 is 0.933 bits per heavy atom. The van der Waals surface area contributed by atoms with Crippen LogP contribution < -0.4 is 0 Å². The van der Waals surface area contributed by atoms with Crippen molar-refractivity contribution in [1.82, 2.24) is 9.80 Å². The standard InChI is InChI=1S/C24H18F2N2O2/c1-15-6-9-17(10-7-15)24-19-5-3-2-4-18(19)23(30)28(24)13-12-27(24)22(29)16-8-11-20(25)21(26)14-16/h2-11,14H,12-13H2,1H3. The minimum absolute atomic E-state index is 0.0408. The van der Waals surface area contributed by atoms with Gasteiger partial charge in [-0.15, -0.1) is 0 Å². The maximum absolute atomic E-state index is 13.8. The van der Waals surface area contributed by atoms with Crippen molar-refractivity contribution in [3.63, 3.8) is 0 Å². The molecule has 0 aliphatic carbocycles. The Balaban J connectivity index is 1.74. The number of halogens is 2. The van der Waals surface area contributed by atoms with E-state index in [-0.39, 0.29) is 18.0 Å². The lowest BCUT2D eigenvalue weighted by Gasteiger charge is -2.40. The van der Waals surface area contributed by atoms with Crippen LogP contribution in [0.25, 0.3) is 0 Å². The Kier molecular flexibility index (Phi) is 4.00. The van der Waals surface area contributed by atoms with Gasteiger partial charge in [-0.05, 0) is 31.2 Å². The summed E-state index contributed by atoms with van der Waals surface area (Å²) in [7, 11) is 0. The Morgan fingerprint density at radius 3 is 2.40 bits per heavy atom. The fourth-order valence-electron chi connectivity index (χ4n) is 4.61. The smallest absolute Gasteiger partial charge is 0.256 e. The minimum atomic E-state index is -1.12. The van der Waals surface area contributed by atoms with Crippen LogP contribution in [0.3, 0.4) is 0 Å². The molecule has 3 aromatic rings. The highest BCUT2D eigenvalue weighted by atomic mass is 19.2. The summed E-state index contributed by atoms with van der Waals surface area (Å²) in [5.41, 5.74) is 2.01. The lowest BCUT2D eigenvalue weighted by molar-refractivity contribution is 0.0375. The molecule has 2 aliphatic rings. The van der Waals surface area contributed by atoms with Crippen molar-refractivity contribution in [1.29, 1.82) is 0 Å². The zero-order valence-electron chi connectivity index (χ0n) is 16.2. The molecule has 0 N–H and O–H groups in total. The number of carbonyl (C=O) groups is 2. The summed E-state index contributed by atoms with van der Waals surface area (Å²) in [5, 5.41) is 0. The van der Waals surface area contributed by atoms with Crippen LogP contribution in [0.1, 0.15) is 37.4 Å². The predicted molar refractivity (Wildman–Crippen MR) is 107 cm³/mol. The monoisotopic (exact) mass is 404 g/mol. The van der Waals surface area contributed by atoms with Crippen LogP contribution in [0.2, 0.25) is 0 Å². The van der Waals surface area contributed by atoms with Gasteiger partial charge in [0.25, 0.3) is 11.8 Å². The molecule has 6 heteroatoms. The van der Waals surface area contributed by atoms with E-state index >= 15 is 0 Å². The van der Waals surface area contributed by atoms with Crippen molar-refractivity contribution in [2.45, 2.75) is 12.6 Å². The highest BCUT2D eigenvalue weighted by molar-refractivity contribution is 6.03. The van der Waals surface area contributed by atoms with E-state index in [1.165, 1.54) is 6.07 Å². The summed E-state index contributed by atoms with van der Waals surface area (Å²) < 4.78 is 27.3. The van der Waals surface area contributed by atoms with Crippen LogP contribution in [0.15, 0.2) is 66.7 Å². The summed E-state index contributed by atoms with van der Waals surface area (Å²) in [5.74, 6) is -2.69. The van der Waals surface area contributed by atoms with Crippen molar-refractivity contribution in [3.8, 4) is 0 Å². The quantitative estimate of drug-likeness (QED) is 0.646. The average Bonchev–Trinajstić information content (AvgIpc) is 3.26. The number of rotatable bonds is 2. The Labute approximate surface area is 172 Å². The molecule has 5 rings (SSSR count). The first-order chi connectivity index (χ1) is 14.4. The zero-order chi connectivity index (χ0) is 21.0. The molecule has 3 aromatic carbocycles. The van der Waals surface area contributed by atoms with Crippen LogP contribution in [-0.4, -0.2) is 34.7 Å². The molecule has 1 saturated heterocycles. The average molecular weight is 404 g/mol. The van der Waals surface area contributed by atoms with E-state index in [9.17, 15) is 18.4 Å². The highest BCUT2D eigenvalue weighted by Gasteiger charge is 2.59. The number of benzene rings is 3.